The molecule has 0 spiro atoms. The van der Waals surface area contributed by atoms with Crippen molar-refractivity contribution in [2.75, 3.05) is 13.2 Å². The number of ketones is 2. The topological polar surface area (TPSA) is 151 Å². The zero-order valence-electron chi connectivity index (χ0n) is 36.5. The number of hydrogen-bond acceptors (Lipinski definition) is 10. The van der Waals surface area contributed by atoms with Gasteiger partial charge in [-0.1, -0.05) is 158 Å². The van der Waals surface area contributed by atoms with Gasteiger partial charge in [0.1, 0.15) is 0 Å². The molecule has 0 unspecified atom stereocenters. The number of benzene rings is 6. The Labute approximate surface area is 382 Å². The van der Waals surface area contributed by atoms with Crippen LogP contribution in [0.2, 0.25) is 0 Å². The summed E-state index contributed by atoms with van der Waals surface area (Å²) in [4.78, 5) is 82.2. The first-order valence-corrected chi connectivity index (χ1v) is 22.1. The number of esters is 2. The largest absolute Gasteiger partial charge is 0.464 e. The molecule has 4 aliphatic rings. The van der Waals surface area contributed by atoms with Crippen LogP contribution in [0.3, 0.4) is 0 Å². The van der Waals surface area contributed by atoms with E-state index in [4.69, 9.17) is 9.47 Å². The first kappa shape index (κ1) is 43.7. The molecule has 2 saturated carbocycles. The van der Waals surface area contributed by atoms with Crippen molar-refractivity contribution in [1.82, 2.24) is 20.9 Å². The highest BCUT2D eigenvalue weighted by molar-refractivity contribution is 6.14. The molecule has 0 radical (unpaired) electrons. The third-order valence-corrected chi connectivity index (χ3v) is 13.4. The van der Waals surface area contributed by atoms with Crippen molar-refractivity contribution in [2.45, 2.75) is 49.9 Å². The summed E-state index contributed by atoms with van der Waals surface area (Å²) in [5.74, 6) is -2.23. The summed E-state index contributed by atoms with van der Waals surface area (Å²) in [6, 6.07) is 53.2. The summed E-state index contributed by atoms with van der Waals surface area (Å²) in [5.41, 5.74) is 4.79. The quantitative estimate of drug-likeness (QED) is 0.0917. The molecule has 2 aliphatic carbocycles. The number of Topliss-reactive ketones (excluding diaryl/α,β-unsaturated/α-hetero) is 2. The Bertz CT molecular complexity index is 2590. The standard InChI is InChI=1S/2C27H24N2O4/c2*1-2-33-25(32)27-18-26(27,23(30)20-14-8-4-9-15-20)22(19-12-6-3-7-13-19)28-29(27)24(31)21-16-10-5-11-17-21/h2*3-17,22,28H,2,18H2,1H3/t2*22-,26+,27-/m10/s1. The zero-order chi connectivity index (χ0) is 46.1. The zero-order valence-corrected chi connectivity index (χ0v) is 36.5. The monoisotopic (exact) mass is 880 g/mol. The van der Waals surface area contributed by atoms with E-state index >= 15 is 0 Å². The Morgan fingerprint density at radius 3 is 1.00 bits per heavy atom. The van der Waals surface area contributed by atoms with E-state index in [0.717, 1.165) is 11.1 Å². The maximum atomic E-state index is 14.0. The highest BCUT2D eigenvalue weighted by Gasteiger charge is 2.88. The van der Waals surface area contributed by atoms with E-state index in [2.05, 4.69) is 10.9 Å². The van der Waals surface area contributed by atoms with Crippen LogP contribution >= 0.6 is 0 Å². The van der Waals surface area contributed by atoms with Crippen LogP contribution in [-0.4, -0.2) is 69.6 Å². The van der Waals surface area contributed by atoms with Gasteiger partial charge in [-0.05, 0) is 49.2 Å². The molecular formula is C54H48N4O8. The Hall–Kier alpha value is -7.54. The number of carbonyl (C=O) groups excluding carboxylic acids is 6. The van der Waals surface area contributed by atoms with Gasteiger partial charge in [0.15, 0.2) is 22.6 Å². The molecule has 66 heavy (non-hydrogen) atoms. The summed E-state index contributed by atoms with van der Waals surface area (Å²) in [6.45, 7) is 3.75. The van der Waals surface area contributed by atoms with Crippen molar-refractivity contribution in [3.63, 3.8) is 0 Å². The van der Waals surface area contributed by atoms with Crippen LogP contribution in [0.4, 0.5) is 0 Å². The molecule has 2 saturated heterocycles. The molecule has 2 aliphatic heterocycles. The number of amides is 2. The van der Waals surface area contributed by atoms with E-state index in [0.29, 0.717) is 22.3 Å². The lowest BCUT2D eigenvalue weighted by atomic mass is 9.81. The smallest absolute Gasteiger partial charge is 0.334 e. The van der Waals surface area contributed by atoms with Gasteiger partial charge in [0.25, 0.3) is 11.8 Å². The lowest BCUT2D eigenvalue weighted by Gasteiger charge is -2.27. The Morgan fingerprint density at radius 2 is 0.712 bits per heavy atom. The molecule has 2 amide bonds. The third kappa shape index (κ3) is 6.74. The second-order valence-corrected chi connectivity index (χ2v) is 16.8. The first-order chi connectivity index (χ1) is 32.1. The fraction of sp³-hybridized carbons (Fsp3) is 0.222. The third-order valence-electron chi connectivity index (χ3n) is 13.4. The molecular weight excluding hydrogens is 833 g/mol. The summed E-state index contributed by atoms with van der Waals surface area (Å²) in [5, 5.41) is 2.69. The minimum absolute atomic E-state index is 0.152. The van der Waals surface area contributed by atoms with Gasteiger partial charge in [0, 0.05) is 35.1 Å². The summed E-state index contributed by atoms with van der Waals surface area (Å²) in [6.07, 6.45) is 0.384. The van der Waals surface area contributed by atoms with Crippen LogP contribution in [0.5, 0.6) is 0 Å². The van der Waals surface area contributed by atoms with Crippen molar-refractivity contribution in [3.8, 4) is 0 Å². The molecule has 2 heterocycles. The number of nitrogens with one attached hydrogen (secondary N) is 2. The SMILES string of the molecule is CCOC(=O)[C@@]12C[C@]1(C(=O)c1ccccc1)[C@H](c1ccccc1)NN2C(=O)c1ccccc1.CCOC(=O)[C@]12C[C@@]1(C(=O)c1ccccc1)[C@@H](c1ccccc1)NN2C(=O)c1ccccc1. The van der Waals surface area contributed by atoms with Gasteiger partial charge in [0.2, 0.25) is 0 Å². The average molecular weight is 881 g/mol. The number of ether oxygens (including phenoxy) is 2. The normalized spacial score (nSPS) is 25.2. The number of nitrogens with zero attached hydrogens (tertiary/aromatic N) is 2. The lowest BCUT2D eigenvalue weighted by Crippen LogP contribution is -2.52. The molecule has 2 N–H and O–H groups in total. The maximum absolute atomic E-state index is 14.0. The Balaban J connectivity index is 0.000000166. The molecule has 0 bridgehead atoms. The van der Waals surface area contributed by atoms with Crippen molar-refractivity contribution >= 4 is 35.3 Å². The maximum Gasteiger partial charge on any atom is 0.334 e. The van der Waals surface area contributed by atoms with Crippen molar-refractivity contribution in [1.29, 1.82) is 0 Å². The number of carbonyl (C=O) groups is 6. The second-order valence-electron chi connectivity index (χ2n) is 16.8. The Kier molecular flexibility index (Phi) is 11.6. The summed E-state index contributed by atoms with van der Waals surface area (Å²) >= 11 is 0. The van der Waals surface area contributed by atoms with Crippen LogP contribution in [-0.2, 0) is 19.1 Å². The van der Waals surface area contributed by atoms with Crippen LogP contribution in [0.15, 0.2) is 182 Å². The Morgan fingerprint density at radius 1 is 0.439 bits per heavy atom. The highest BCUT2D eigenvalue weighted by Crippen LogP contribution is 2.73. The van der Waals surface area contributed by atoms with Crippen LogP contribution in [0.1, 0.15) is 91.3 Å². The van der Waals surface area contributed by atoms with E-state index < -0.39 is 45.9 Å². The van der Waals surface area contributed by atoms with E-state index in [-0.39, 0.29) is 49.4 Å². The second kappa shape index (κ2) is 17.4. The predicted octanol–water partition coefficient (Wildman–Crippen LogP) is 7.93. The average Bonchev–Trinajstić information content (AvgIpc) is 4.21. The number of fused-ring (bicyclic) bond motifs is 2. The van der Waals surface area contributed by atoms with Crippen molar-refractivity contribution in [2.24, 2.45) is 10.8 Å². The fourth-order valence-electron chi connectivity index (χ4n) is 10.2. The molecule has 6 aromatic rings. The van der Waals surface area contributed by atoms with Gasteiger partial charge in [-0.25, -0.2) is 20.4 Å². The molecule has 332 valence electrons. The van der Waals surface area contributed by atoms with Crippen molar-refractivity contribution < 1.29 is 38.2 Å². The van der Waals surface area contributed by atoms with Gasteiger partial charge in [-0.3, -0.25) is 29.2 Å². The molecule has 6 aromatic carbocycles. The number of hydrogen-bond donors (Lipinski definition) is 2. The molecule has 4 fully saturated rings. The van der Waals surface area contributed by atoms with Gasteiger partial charge in [-0.2, -0.15) is 0 Å². The van der Waals surface area contributed by atoms with Crippen molar-refractivity contribution in [3.05, 3.63) is 215 Å². The molecule has 0 aromatic heterocycles. The lowest BCUT2D eigenvalue weighted by molar-refractivity contribution is -0.151. The fourth-order valence-corrected chi connectivity index (χ4v) is 10.2. The molecule has 10 rings (SSSR count). The van der Waals surface area contributed by atoms with E-state index in [1.54, 1.807) is 111 Å². The van der Waals surface area contributed by atoms with E-state index in [9.17, 15) is 28.8 Å². The number of hydrazine groups is 2. The predicted molar refractivity (Wildman–Crippen MR) is 244 cm³/mol. The summed E-state index contributed by atoms with van der Waals surface area (Å²) < 4.78 is 10.9. The first-order valence-electron chi connectivity index (χ1n) is 22.1. The minimum Gasteiger partial charge on any atom is -0.464 e. The molecule has 12 heteroatoms. The van der Waals surface area contributed by atoms with Crippen LogP contribution in [0, 0.1) is 10.8 Å². The minimum atomic E-state index is -1.43. The van der Waals surface area contributed by atoms with Gasteiger partial charge < -0.3 is 9.47 Å². The highest BCUT2D eigenvalue weighted by atomic mass is 16.5. The van der Waals surface area contributed by atoms with Gasteiger partial charge in [0.05, 0.1) is 36.1 Å². The van der Waals surface area contributed by atoms with E-state index in [1.165, 1.54) is 10.0 Å². The van der Waals surface area contributed by atoms with Gasteiger partial charge >= 0.3 is 11.9 Å². The van der Waals surface area contributed by atoms with E-state index in [1.807, 2.05) is 84.9 Å². The summed E-state index contributed by atoms with van der Waals surface area (Å²) in [7, 11) is 0. The van der Waals surface area contributed by atoms with Crippen LogP contribution in [0.25, 0.3) is 0 Å². The van der Waals surface area contributed by atoms with Gasteiger partial charge in [-0.15, -0.1) is 0 Å². The number of rotatable bonds is 12. The molecule has 6 atom stereocenters. The molecule has 12 nitrogen and oxygen atoms in total. The van der Waals surface area contributed by atoms with Crippen LogP contribution < -0.4 is 10.9 Å².